The highest BCUT2D eigenvalue weighted by Crippen LogP contribution is 2.44. The molecule has 10 heteroatoms. The number of nitrogens with one attached hydrogen (secondary N) is 1. The Kier molecular flexibility index (Phi) is 7.02. The number of rotatable bonds is 6. The lowest BCUT2D eigenvalue weighted by atomic mass is 9.81. The van der Waals surface area contributed by atoms with Crippen LogP contribution in [0.15, 0.2) is 83.8 Å². The number of benzene rings is 3. The molecule has 1 aliphatic heterocycles. The molecule has 4 aromatic rings. The van der Waals surface area contributed by atoms with E-state index in [-0.39, 0.29) is 5.91 Å². The molecule has 1 amide bonds. The molecule has 1 aliphatic rings. The van der Waals surface area contributed by atoms with Crippen molar-refractivity contribution in [3.63, 3.8) is 0 Å². The summed E-state index contributed by atoms with van der Waals surface area (Å²) in [7, 11) is 0. The summed E-state index contributed by atoms with van der Waals surface area (Å²) in [5.74, 6) is -0.606. The van der Waals surface area contributed by atoms with Crippen LogP contribution in [0.3, 0.4) is 0 Å². The predicted molar refractivity (Wildman–Crippen MR) is 139 cm³/mol. The molecule has 0 bridgehead atoms. The molecule has 1 unspecified atom stereocenters. The van der Waals surface area contributed by atoms with Crippen molar-refractivity contribution in [3.8, 4) is 5.69 Å². The second kappa shape index (κ2) is 10.3. The standard InChI is InChI=1S/C28H24F4N4OS/c1-3-35-26-23(17(2)33-36(26)21-9-5-4-6-10-21)24(18-12-14-20(29)15-13-18)25(27(35)37)34-38-22-11-7-8-19(16-22)28(30,31)32/h4-16,24-25,34H,3H2,1-2H3/t24-,25?/m0/s1. The van der Waals surface area contributed by atoms with Crippen molar-refractivity contribution in [2.24, 2.45) is 0 Å². The Hall–Kier alpha value is -3.63. The summed E-state index contributed by atoms with van der Waals surface area (Å²) in [6.07, 6.45) is -4.48. The van der Waals surface area contributed by atoms with Crippen LogP contribution >= 0.6 is 11.9 Å². The van der Waals surface area contributed by atoms with Crippen LogP contribution in [-0.4, -0.2) is 28.3 Å². The second-order valence-corrected chi connectivity index (χ2v) is 9.82. The summed E-state index contributed by atoms with van der Waals surface area (Å²) >= 11 is 0.960. The van der Waals surface area contributed by atoms with Gasteiger partial charge < -0.3 is 0 Å². The summed E-state index contributed by atoms with van der Waals surface area (Å²) in [6.45, 7) is 4.07. The third-order valence-electron chi connectivity index (χ3n) is 6.52. The van der Waals surface area contributed by atoms with E-state index in [1.54, 1.807) is 27.8 Å². The fourth-order valence-corrected chi connectivity index (χ4v) is 5.63. The lowest BCUT2D eigenvalue weighted by molar-refractivity contribution is -0.137. The van der Waals surface area contributed by atoms with Gasteiger partial charge in [-0.2, -0.15) is 18.3 Å². The number of carbonyl (C=O) groups excluding carboxylic acids is 1. The maximum Gasteiger partial charge on any atom is 0.416 e. The maximum atomic E-state index is 14.0. The Morgan fingerprint density at radius 3 is 2.37 bits per heavy atom. The number of hydrogen-bond donors (Lipinski definition) is 1. The average Bonchev–Trinajstić information content (AvgIpc) is 3.24. The van der Waals surface area contributed by atoms with Gasteiger partial charge in [0, 0.05) is 22.9 Å². The van der Waals surface area contributed by atoms with Crippen LogP contribution < -0.4 is 9.62 Å². The first-order chi connectivity index (χ1) is 18.2. The topological polar surface area (TPSA) is 50.2 Å². The Morgan fingerprint density at radius 2 is 1.71 bits per heavy atom. The number of para-hydroxylation sites is 1. The van der Waals surface area contributed by atoms with E-state index in [4.69, 9.17) is 5.10 Å². The maximum absolute atomic E-state index is 14.0. The fraction of sp³-hybridized carbons (Fsp3) is 0.214. The summed E-state index contributed by atoms with van der Waals surface area (Å²) in [5.41, 5.74) is 2.19. The SMILES string of the molecule is CCN1C(=O)C(NSc2cccc(C(F)(F)F)c2)[C@@H](c2ccc(F)cc2)c2c(C)nn(-c3ccccc3)c21. The third kappa shape index (κ3) is 4.81. The molecule has 38 heavy (non-hydrogen) atoms. The van der Waals surface area contributed by atoms with Gasteiger partial charge in [0.25, 0.3) is 0 Å². The van der Waals surface area contributed by atoms with Gasteiger partial charge in [-0.05, 0) is 73.8 Å². The van der Waals surface area contributed by atoms with Gasteiger partial charge in [-0.3, -0.25) is 9.69 Å². The molecule has 2 heterocycles. The Balaban J connectivity index is 1.61. The van der Waals surface area contributed by atoms with Gasteiger partial charge in [0.2, 0.25) is 5.91 Å². The summed E-state index contributed by atoms with van der Waals surface area (Å²) in [6, 6.07) is 19.4. The van der Waals surface area contributed by atoms with Crippen molar-refractivity contribution in [3.05, 3.63) is 107 Å². The van der Waals surface area contributed by atoms with Gasteiger partial charge in [0.15, 0.2) is 0 Å². The quantitative estimate of drug-likeness (QED) is 0.224. The van der Waals surface area contributed by atoms with E-state index >= 15 is 0 Å². The third-order valence-corrected chi connectivity index (χ3v) is 7.39. The van der Waals surface area contributed by atoms with Crippen molar-refractivity contribution < 1.29 is 22.4 Å². The number of alkyl halides is 3. The first kappa shape index (κ1) is 26.0. The van der Waals surface area contributed by atoms with Gasteiger partial charge in [-0.15, -0.1) is 0 Å². The van der Waals surface area contributed by atoms with E-state index in [1.165, 1.54) is 18.2 Å². The molecule has 0 radical (unpaired) electrons. The molecule has 3 aromatic carbocycles. The monoisotopic (exact) mass is 540 g/mol. The van der Waals surface area contributed by atoms with Gasteiger partial charge in [-0.25, -0.2) is 13.8 Å². The summed E-state index contributed by atoms with van der Waals surface area (Å²) in [4.78, 5) is 15.9. The Morgan fingerprint density at radius 1 is 1.00 bits per heavy atom. The molecule has 5 nitrogen and oxygen atoms in total. The molecule has 0 fully saturated rings. The first-order valence-electron chi connectivity index (χ1n) is 12.0. The number of amides is 1. The molecule has 0 saturated heterocycles. The number of aryl methyl sites for hydroxylation is 1. The molecule has 0 spiro atoms. The normalized spacial score (nSPS) is 17.5. The van der Waals surface area contributed by atoms with Crippen molar-refractivity contribution in [1.82, 2.24) is 14.5 Å². The molecule has 2 atom stereocenters. The smallest absolute Gasteiger partial charge is 0.295 e. The van der Waals surface area contributed by atoms with Crippen molar-refractivity contribution in [1.29, 1.82) is 0 Å². The van der Waals surface area contributed by atoms with Crippen molar-refractivity contribution >= 4 is 23.7 Å². The summed E-state index contributed by atoms with van der Waals surface area (Å²) in [5, 5.41) is 4.77. The lowest BCUT2D eigenvalue weighted by Gasteiger charge is -2.38. The highest BCUT2D eigenvalue weighted by atomic mass is 32.2. The zero-order valence-electron chi connectivity index (χ0n) is 20.5. The minimum Gasteiger partial charge on any atom is -0.295 e. The van der Waals surface area contributed by atoms with Crippen LogP contribution in [0, 0.1) is 12.7 Å². The van der Waals surface area contributed by atoms with Gasteiger partial charge in [0.05, 0.1) is 16.9 Å². The second-order valence-electron chi connectivity index (χ2n) is 8.90. The Bertz CT molecular complexity index is 1450. The van der Waals surface area contributed by atoms with E-state index in [1.807, 2.05) is 44.2 Å². The molecule has 1 aromatic heterocycles. The molecular formula is C28H24F4N4OS. The lowest BCUT2D eigenvalue weighted by Crippen LogP contribution is -2.52. The molecule has 5 rings (SSSR count). The molecule has 196 valence electrons. The van der Waals surface area contributed by atoms with Gasteiger partial charge in [0.1, 0.15) is 17.7 Å². The highest BCUT2D eigenvalue weighted by Gasteiger charge is 2.44. The molecule has 0 saturated carbocycles. The number of halogens is 4. The van der Waals surface area contributed by atoms with E-state index in [9.17, 15) is 22.4 Å². The Labute approximate surface area is 221 Å². The number of fused-ring (bicyclic) bond motifs is 1. The predicted octanol–water partition coefficient (Wildman–Crippen LogP) is 6.50. The van der Waals surface area contributed by atoms with E-state index in [0.29, 0.717) is 28.5 Å². The van der Waals surface area contributed by atoms with Crippen molar-refractivity contribution in [2.75, 3.05) is 11.4 Å². The summed E-state index contributed by atoms with van der Waals surface area (Å²) < 4.78 is 58.5. The van der Waals surface area contributed by atoms with Gasteiger partial charge in [-0.1, -0.05) is 36.4 Å². The zero-order chi connectivity index (χ0) is 27.0. The number of aromatic nitrogens is 2. The fourth-order valence-electron chi connectivity index (χ4n) is 4.80. The number of anilines is 1. The van der Waals surface area contributed by atoms with Crippen LogP contribution in [0.25, 0.3) is 5.69 Å². The van der Waals surface area contributed by atoms with Crippen molar-refractivity contribution in [2.45, 2.75) is 36.9 Å². The van der Waals surface area contributed by atoms with E-state index in [2.05, 4.69) is 4.72 Å². The number of carbonyl (C=O) groups is 1. The molecular weight excluding hydrogens is 516 g/mol. The zero-order valence-corrected chi connectivity index (χ0v) is 21.4. The first-order valence-corrected chi connectivity index (χ1v) is 12.8. The molecule has 1 N–H and O–H groups in total. The van der Waals surface area contributed by atoms with E-state index < -0.39 is 29.5 Å². The largest absolute Gasteiger partial charge is 0.416 e. The number of likely N-dealkylation sites (N-methyl/N-ethyl adjacent to an activating group) is 1. The minimum absolute atomic E-state index is 0.258. The average molecular weight is 541 g/mol. The van der Waals surface area contributed by atoms with Crippen LogP contribution in [0.2, 0.25) is 0 Å². The number of hydrogen-bond acceptors (Lipinski definition) is 4. The van der Waals surface area contributed by atoms with E-state index in [0.717, 1.165) is 35.3 Å². The van der Waals surface area contributed by atoms with Crippen LogP contribution in [0.4, 0.5) is 23.4 Å². The highest BCUT2D eigenvalue weighted by molar-refractivity contribution is 7.97. The van der Waals surface area contributed by atoms with Crippen LogP contribution in [0.1, 0.15) is 35.2 Å². The van der Waals surface area contributed by atoms with Crippen LogP contribution in [-0.2, 0) is 11.0 Å². The minimum atomic E-state index is -4.48. The molecule has 0 aliphatic carbocycles. The van der Waals surface area contributed by atoms with Crippen LogP contribution in [0.5, 0.6) is 0 Å². The number of nitrogens with zero attached hydrogens (tertiary/aromatic N) is 3. The van der Waals surface area contributed by atoms with Gasteiger partial charge >= 0.3 is 6.18 Å².